The standard InChI is InChI=1S/C51H60N6O10S/c1-32(2)40-6-4-5-7-41(40)44-31-64-21-20-56(44)36-27-51(28-36)15-18-55(19-16-51)35-8-9-42(45(24-35)66-37-23-34-12-17-52-48(34)53-29-37)49(58)54-68(62,63)39-25-43(57(60)61)47-46(26-39)65-30-38(67-47)22-33-10-13-50(3,59)14-11-33/h4-9,12,17,23-26,29,32-33,36,38,44,59H,10-11,13-16,18-22,27-28,30-31H2,1-3H3,(H,52,53)(H,54,58)/t33?,38-,44-,50?/m1/s1. The largest absolute Gasteiger partial charge is 0.486 e. The maximum Gasteiger partial charge on any atom is 0.316 e. The molecule has 1 amide bonds. The Kier molecular flexibility index (Phi) is 12.4. The first-order chi connectivity index (χ1) is 32.6. The number of carbonyl (C=O) groups is 1. The number of ether oxygens (including phenoxy) is 4. The molecule has 68 heavy (non-hydrogen) atoms. The van der Waals surface area contributed by atoms with Crippen molar-refractivity contribution in [1.82, 2.24) is 19.6 Å². The fourth-order valence-corrected chi connectivity index (χ4v) is 12.3. The Labute approximate surface area is 396 Å². The summed E-state index contributed by atoms with van der Waals surface area (Å²) in [7, 11) is -4.69. The highest BCUT2D eigenvalue weighted by molar-refractivity contribution is 7.90. The predicted molar refractivity (Wildman–Crippen MR) is 255 cm³/mol. The summed E-state index contributed by atoms with van der Waals surface area (Å²) in [5.74, 6) is -0.103. The number of fused-ring (bicyclic) bond motifs is 2. The summed E-state index contributed by atoms with van der Waals surface area (Å²) >= 11 is 0. The van der Waals surface area contributed by atoms with Gasteiger partial charge in [-0.05, 0) is 117 Å². The van der Waals surface area contributed by atoms with Gasteiger partial charge in [-0.3, -0.25) is 19.8 Å². The summed E-state index contributed by atoms with van der Waals surface area (Å²) in [5.41, 5.74) is 3.14. The van der Waals surface area contributed by atoms with Crippen molar-refractivity contribution < 1.29 is 42.2 Å². The molecule has 4 fully saturated rings. The zero-order valence-electron chi connectivity index (χ0n) is 38.8. The van der Waals surface area contributed by atoms with Gasteiger partial charge in [0, 0.05) is 61.1 Å². The number of benzene rings is 3. The molecule has 2 aliphatic carbocycles. The summed E-state index contributed by atoms with van der Waals surface area (Å²) in [5, 5.41) is 23.5. The van der Waals surface area contributed by atoms with E-state index in [0.717, 1.165) is 88.0 Å². The number of morpholine rings is 1. The summed E-state index contributed by atoms with van der Waals surface area (Å²) in [6.07, 6.45) is 10.6. The van der Waals surface area contributed by atoms with Crippen LogP contribution in [-0.2, 0) is 14.8 Å². The van der Waals surface area contributed by atoms with Crippen molar-refractivity contribution >= 4 is 38.3 Å². The van der Waals surface area contributed by atoms with E-state index in [2.05, 4.69) is 62.6 Å². The van der Waals surface area contributed by atoms with Gasteiger partial charge in [0.2, 0.25) is 5.75 Å². The van der Waals surface area contributed by atoms with E-state index in [-0.39, 0.29) is 46.8 Å². The van der Waals surface area contributed by atoms with Crippen LogP contribution < -0.4 is 23.8 Å². The number of nitrogens with one attached hydrogen (secondary N) is 2. The van der Waals surface area contributed by atoms with Crippen LogP contribution in [0.1, 0.15) is 112 Å². The Morgan fingerprint density at radius 3 is 2.57 bits per heavy atom. The number of hydrogen-bond donors (Lipinski definition) is 3. The zero-order chi connectivity index (χ0) is 47.4. The number of sulfonamides is 1. The first-order valence-corrected chi connectivity index (χ1v) is 25.4. The minimum atomic E-state index is -4.69. The number of nitro groups is 1. The molecule has 0 radical (unpaired) electrons. The topological polar surface area (TPSA) is 199 Å². The number of piperidine rings is 1. The number of aromatic amines is 1. The first-order valence-electron chi connectivity index (χ1n) is 24.0. The fourth-order valence-electron chi connectivity index (χ4n) is 11.3. The molecule has 5 aliphatic rings. The monoisotopic (exact) mass is 948 g/mol. The second kappa shape index (κ2) is 18.3. The van der Waals surface area contributed by atoms with Gasteiger partial charge in [0.1, 0.15) is 29.9 Å². The summed E-state index contributed by atoms with van der Waals surface area (Å²) < 4.78 is 54.5. The molecule has 360 valence electrons. The van der Waals surface area contributed by atoms with Crippen molar-refractivity contribution in [2.24, 2.45) is 11.3 Å². The van der Waals surface area contributed by atoms with Crippen LogP contribution >= 0.6 is 0 Å². The molecular weight excluding hydrogens is 889 g/mol. The number of rotatable bonds is 12. The van der Waals surface area contributed by atoms with Crippen LogP contribution in [0.4, 0.5) is 11.4 Å². The molecule has 3 aliphatic heterocycles. The molecule has 2 saturated heterocycles. The fraction of sp³-hybridized carbons (Fsp3) is 0.490. The van der Waals surface area contributed by atoms with E-state index in [1.54, 1.807) is 30.5 Å². The van der Waals surface area contributed by atoms with Gasteiger partial charge in [0.25, 0.3) is 15.9 Å². The van der Waals surface area contributed by atoms with Crippen molar-refractivity contribution in [1.29, 1.82) is 0 Å². The molecule has 3 N–H and O–H groups in total. The number of amides is 1. The van der Waals surface area contributed by atoms with E-state index in [4.69, 9.17) is 18.9 Å². The molecule has 0 unspecified atom stereocenters. The highest BCUT2D eigenvalue weighted by Crippen LogP contribution is 2.53. The highest BCUT2D eigenvalue weighted by atomic mass is 32.2. The average molecular weight is 949 g/mol. The van der Waals surface area contributed by atoms with Gasteiger partial charge in [-0.25, -0.2) is 18.1 Å². The predicted octanol–water partition coefficient (Wildman–Crippen LogP) is 8.80. The van der Waals surface area contributed by atoms with Crippen LogP contribution in [-0.4, -0.2) is 96.4 Å². The van der Waals surface area contributed by atoms with Crippen LogP contribution in [0.15, 0.2) is 84.0 Å². The van der Waals surface area contributed by atoms with Crippen LogP contribution in [0.2, 0.25) is 0 Å². The maximum absolute atomic E-state index is 14.1. The second-order valence-electron chi connectivity index (χ2n) is 20.2. The molecule has 2 aromatic heterocycles. The Morgan fingerprint density at radius 1 is 1.03 bits per heavy atom. The third-order valence-corrected chi connectivity index (χ3v) is 16.5. The molecule has 16 nitrogen and oxygen atoms in total. The molecule has 1 spiro atoms. The number of H-pyrrole nitrogens is 1. The third-order valence-electron chi connectivity index (χ3n) is 15.2. The average Bonchev–Trinajstić information content (AvgIpc) is 3.79. The second-order valence-corrected chi connectivity index (χ2v) is 21.9. The minimum Gasteiger partial charge on any atom is -0.486 e. The van der Waals surface area contributed by atoms with Crippen molar-refractivity contribution in [3.8, 4) is 23.0 Å². The van der Waals surface area contributed by atoms with Crippen molar-refractivity contribution in [2.45, 2.75) is 113 Å². The van der Waals surface area contributed by atoms with Gasteiger partial charge in [-0.15, -0.1) is 0 Å². The van der Waals surface area contributed by atoms with Crippen LogP contribution in [0.5, 0.6) is 23.0 Å². The number of carbonyl (C=O) groups excluding carboxylic acids is 1. The van der Waals surface area contributed by atoms with Gasteiger partial charge in [0.15, 0.2) is 5.75 Å². The van der Waals surface area contributed by atoms with Crippen LogP contribution in [0, 0.1) is 21.4 Å². The first kappa shape index (κ1) is 46.0. The highest BCUT2D eigenvalue weighted by Gasteiger charge is 2.50. The smallest absolute Gasteiger partial charge is 0.316 e. The molecule has 5 aromatic rings. The normalized spacial score (nSPS) is 24.2. The van der Waals surface area contributed by atoms with Crippen LogP contribution in [0.25, 0.3) is 11.0 Å². The minimum absolute atomic E-state index is 0.0555. The number of aromatic nitrogens is 2. The lowest BCUT2D eigenvalue weighted by molar-refractivity contribution is -0.386. The molecule has 17 heteroatoms. The Morgan fingerprint density at radius 2 is 1.81 bits per heavy atom. The SMILES string of the molecule is CC(C)c1ccccc1[C@H]1COCCN1C1CC2(CCN(c3ccc(C(=O)NS(=O)(=O)c4cc5c(c([N+](=O)[O-])c4)O[C@H](CC4CCC(C)(O)CC4)CO5)c(Oc4cnc5[nH]ccc5c4)c3)CC2)C1. The molecule has 3 aromatic carbocycles. The van der Waals surface area contributed by atoms with Crippen LogP contribution in [0.3, 0.4) is 0 Å². The summed E-state index contributed by atoms with van der Waals surface area (Å²) in [6.45, 7) is 10.4. The Hall–Kier alpha value is -5.75. The van der Waals surface area contributed by atoms with E-state index < -0.39 is 43.1 Å². The number of hydrogen-bond acceptors (Lipinski definition) is 13. The van der Waals surface area contributed by atoms with E-state index in [1.807, 2.05) is 13.0 Å². The van der Waals surface area contributed by atoms with E-state index in [9.17, 15) is 28.4 Å². The molecule has 10 rings (SSSR count). The van der Waals surface area contributed by atoms with E-state index >= 15 is 0 Å². The Balaban J connectivity index is 0.847. The lowest BCUT2D eigenvalue weighted by Crippen LogP contribution is -2.58. The lowest BCUT2D eigenvalue weighted by Gasteiger charge is -2.57. The molecule has 2 atom stereocenters. The van der Waals surface area contributed by atoms with Crippen molar-refractivity contribution in [2.75, 3.05) is 44.4 Å². The number of nitro benzene ring substituents is 1. The van der Waals surface area contributed by atoms with Gasteiger partial charge in [-0.2, -0.15) is 0 Å². The lowest BCUT2D eigenvalue weighted by atomic mass is 9.59. The number of nitrogens with zero attached hydrogens (tertiary/aromatic N) is 4. The maximum atomic E-state index is 14.1. The van der Waals surface area contributed by atoms with Gasteiger partial charge < -0.3 is 33.9 Å². The van der Waals surface area contributed by atoms with Crippen molar-refractivity contribution in [3.63, 3.8) is 0 Å². The number of pyridine rings is 1. The van der Waals surface area contributed by atoms with E-state index in [0.29, 0.717) is 49.2 Å². The number of anilines is 1. The molecule has 5 heterocycles. The van der Waals surface area contributed by atoms with E-state index in [1.165, 1.54) is 17.3 Å². The summed E-state index contributed by atoms with van der Waals surface area (Å²) in [4.78, 5) is 37.7. The molecular formula is C51H60N6O10S. The van der Waals surface area contributed by atoms with Gasteiger partial charge in [-0.1, -0.05) is 38.1 Å². The Bertz CT molecular complexity index is 2800. The number of aliphatic hydroxyl groups is 1. The zero-order valence-corrected chi connectivity index (χ0v) is 39.6. The molecule has 2 saturated carbocycles. The summed E-state index contributed by atoms with van der Waals surface area (Å²) in [6, 6.07) is 20.3. The van der Waals surface area contributed by atoms with Gasteiger partial charge in [0.05, 0.1) is 46.4 Å². The third kappa shape index (κ3) is 9.37. The molecule has 0 bridgehead atoms. The van der Waals surface area contributed by atoms with Crippen molar-refractivity contribution in [3.05, 3.63) is 106 Å². The quantitative estimate of drug-likeness (QED) is 0.0793. The van der Waals surface area contributed by atoms with Gasteiger partial charge >= 0.3 is 5.69 Å².